The first-order valence-electron chi connectivity index (χ1n) is 3.51. The fourth-order valence-electron chi connectivity index (χ4n) is 1.40. The van der Waals surface area contributed by atoms with Crippen LogP contribution in [0.4, 0.5) is 0 Å². The van der Waals surface area contributed by atoms with Gasteiger partial charge in [-0.2, -0.15) is 0 Å². The zero-order chi connectivity index (χ0) is 8.88. The summed E-state index contributed by atoms with van der Waals surface area (Å²) >= 11 is 0. The van der Waals surface area contributed by atoms with E-state index >= 15 is 0 Å². The first kappa shape index (κ1) is 7.93. The van der Waals surface area contributed by atoms with Gasteiger partial charge in [-0.25, -0.2) is 4.79 Å². The number of hydrogen-bond donors (Lipinski definition) is 3. The van der Waals surface area contributed by atoms with E-state index in [0.717, 1.165) is 0 Å². The molecule has 0 saturated carbocycles. The SMILES string of the molecule is O=C1O[C@H]2C(O)C(O)O[C@@H]2C1O. The number of ether oxygens (including phenoxy) is 2. The predicted molar refractivity (Wildman–Crippen MR) is 32.8 cm³/mol. The Morgan fingerprint density at radius 2 is 1.83 bits per heavy atom. The van der Waals surface area contributed by atoms with Gasteiger partial charge in [0, 0.05) is 0 Å². The first-order chi connectivity index (χ1) is 5.61. The third-order valence-corrected chi connectivity index (χ3v) is 2.05. The molecule has 2 fully saturated rings. The number of aliphatic hydroxyl groups excluding tert-OH is 3. The van der Waals surface area contributed by atoms with E-state index < -0.39 is 36.7 Å². The molecule has 6 nitrogen and oxygen atoms in total. The van der Waals surface area contributed by atoms with Crippen molar-refractivity contribution in [3.8, 4) is 0 Å². The summed E-state index contributed by atoms with van der Waals surface area (Å²) in [6, 6.07) is 0. The lowest BCUT2D eigenvalue weighted by Crippen LogP contribution is -2.32. The molecule has 0 bridgehead atoms. The molecule has 2 aliphatic heterocycles. The molecule has 0 spiro atoms. The Bertz CT molecular complexity index is 216. The van der Waals surface area contributed by atoms with Crippen molar-refractivity contribution in [2.24, 2.45) is 0 Å². The van der Waals surface area contributed by atoms with Crippen molar-refractivity contribution in [1.29, 1.82) is 0 Å². The number of hydrogen-bond acceptors (Lipinski definition) is 6. The minimum atomic E-state index is -1.40. The van der Waals surface area contributed by atoms with Gasteiger partial charge in [-0.3, -0.25) is 0 Å². The lowest BCUT2D eigenvalue weighted by molar-refractivity contribution is -0.168. The van der Waals surface area contributed by atoms with Crippen LogP contribution in [-0.2, 0) is 14.3 Å². The summed E-state index contributed by atoms with van der Waals surface area (Å²) in [7, 11) is 0. The molecule has 2 saturated heterocycles. The lowest BCUT2D eigenvalue weighted by Gasteiger charge is -2.10. The van der Waals surface area contributed by atoms with Gasteiger partial charge in [0.05, 0.1) is 0 Å². The van der Waals surface area contributed by atoms with E-state index in [4.69, 9.17) is 15.3 Å². The maximum Gasteiger partial charge on any atom is 0.338 e. The van der Waals surface area contributed by atoms with E-state index in [9.17, 15) is 4.79 Å². The standard InChI is InChI=1S/C6H8O6/c7-1-3-4(12-5(1)9)2(8)6(10)11-3/h1-5,7-9H/t1?,2?,3-,4+,5?/m0/s1. The van der Waals surface area contributed by atoms with Crippen LogP contribution in [0.3, 0.4) is 0 Å². The van der Waals surface area contributed by atoms with Gasteiger partial charge in [-0.15, -0.1) is 0 Å². The van der Waals surface area contributed by atoms with Crippen molar-refractivity contribution in [2.45, 2.75) is 30.7 Å². The molecule has 2 heterocycles. The van der Waals surface area contributed by atoms with Crippen molar-refractivity contribution in [3.05, 3.63) is 0 Å². The molecular formula is C6H8O6. The molecule has 0 radical (unpaired) electrons. The van der Waals surface area contributed by atoms with E-state index in [2.05, 4.69) is 9.47 Å². The quantitative estimate of drug-likeness (QED) is 0.349. The third kappa shape index (κ3) is 0.862. The summed E-state index contributed by atoms with van der Waals surface area (Å²) in [5, 5.41) is 27.2. The minimum Gasteiger partial charge on any atom is -0.454 e. The van der Waals surface area contributed by atoms with Crippen LogP contribution < -0.4 is 0 Å². The van der Waals surface area contributed by atoms with Crippen LogP contribution in [0.1, 0.15) is 0 Å². The van der Waals surface area contributed by atoms with Crippen LogP contribution in [0.15, 0.2) is 0 Å². The molecule has 2 rings (SSSR count). The summed E-state index contributed by atoms with van der Waals surface area (Å²) in [6.45, 7) is 0. The molecule has 5 atom stereocenters. The van der Waals surface area contributed by atoms with Crippen LogP contribution in [0.5, 0.6) is 0 Å². The fraction of sp³-hybridized carbons (Fsp3) is 0.833. The molecule has 68 valence electrons. The van der Waals surface area contributed by atoms with E-state index in [1.54, 1.807) is 0 Å². The van der Waals surface area contributed by atoms with Gasteiger partial charge in [-0.05, 0) is 0 Å². The number of carbonyl (C=O) groups is 1. The first-order valence-corrected chi connectivity index (χ1v) is 3.51. The molecule has 3 N–H and O–H groups in total. The lowest BCUT2D eigenvalue weighted by atomic mass is 10.1. The largest absolute Gasteiger partial charge is 0.454 e. The minimum absolute atomic E-state index is 0.823. The van der Waals surface area contributed by atoms with Crippen LogP contribution >= 0.6 is 0 Å². The van der Waals surface area contributed by atoms with Crippen molar-refractivity contribution >= 4 is 5.97 Å². The zero-order valence-corrected chi connectivity index (χ0v) is 5.95. The van der Waals surface area contributed by atoms with Crippen LogP contribution in [0.2, 0.25) is 0 Å². The molecule has 3 unspecified atom stereocenters. The molecule has 6 heteroatoms. The maximum absolute atomic E-state index is 10.7. The number of rotatable bonds is 0. The van der Waals surface area contributed by atoms with E-state index in [1.165, 1.54) is 0 Å². The average molecular weight is 176 g/mol. The van der Waals surface area contributed by atoms with E-state index in [0.29, 0.717) is 0 Å². The Hall–Kier alpha value is -0.690. The van der Waals surface area contributed by atoms with Gasteiger partial charge in [0.2, 0.25) is 0 Å². The van der Waals surface area contributed by atoms with Gasteiger partial charge in [0.1, 0.15) is 12.2 Å². The van der Waals surface area contributed by atoms with Gasteiger partial charge >= 0.3 is 5.97 Å². The van der Waals surface area contributed by atoms with Gasteiger partial charge in [0.25, 0.3) is 0 Å². The summed E-state index contributed by atoms with van der Waals surface area (Å²) in [6.07, 6.45) is -5.94. The highest BCUT2D eigenvalue weighted by atomic mass is 16.7. The van der Waals surface area contributed by atoms with Crippen LogP contribution in [0.25, 0.3) is 0 Å². The van der Waals surface area contributed by atoms with Crippen molar-refractivity contribution < 1.29 is 29.6 Å². The van der Waals surface area contributed by atoms with Crippen molar-refractivity contribution in [3.63, 3.8) is 0 Å². The fourth-order valence-corrected chi connectivity index (χ4v) is 1.40. The van der Waals surface area contributed by atoms with E-state index in [1.807, 2.05) is 0 Å². The van der Waals surface area contributed by atoms with Gasteiger partial charge in [0.15, 0.2) is 18.5 Å². The second kappa shape index (κ2) is 2.40. The van der Waals surface area contributed by atoms with Crippen molar-refractivity contribution in [1.82, 2.24) is 0 Å². The van der Waals surface area contributed by atoms with Crippen molar-refractivity contribution in [2.75, 3.05) is 0 Å². The summed E-state index contributed by atoms with van der Waals surface area (Å²) in [4.78, 5) is 10.7. The zero-order valence-electron chi connectivity index (χ0n) is 5.95. The average Bonchev–Trinajstić information content (AvgIpc) is 2.43. The van der Waals surface area contributed by atoms with Crippen LogP contribution in [-0.4, -0.2) is 52.0 Å². The molecular weight excluding hydrogens is 168 g/mol. The number of fused-ring (bicyclic) bond motifs is 1. The Labute approximate surface area is 67.3 Å². The second-order valence-corrected chi connectivity index (χ2v) is 2.83. The Morgan fingerprint density at radius 1 is 1.17 bits per heavy atom. The van der Waals surface area contributed by atoms with Gasteiger partial charge < -0.3 is 24.8 Å². The highest BCUT2D eigenvalue weighted by molar-refractivity contribution is 5.78. The summed E-state index contributed by atoms with van der Waals surface area (Å²) in [5.74, 6) is -0.823. The number of esters is 1. The Kier molecular flexibility index (Phi) is 1.58. The summed E-state index contributed by atoms with van der Waals surface area (Å²) in [5.41, 5.74) is 0. The Morgan fingerprint density at radius 3 is 2.42 bits per heavy atom. The predicted octanol–water partition coefficient (Wildman–Crippen LogP) is -2.65. The summed E-state index contributed by atoms with van der Waals surface area (Å²) < 4.78 is 9.25. The highest BCUT2D eigenvalue weighted by Gasteiger charge is 2.56. The molecule has 0 aromatic heterocycles. The molecule has 0 aliphatic carbocycles. The Balaban J connectivity index is 2.19. The van der Waals surface area contributed by atoms with Crippen LogP contribution in [0, 0.1) is 0 Å². The van der Waals surface area contributed by atoms with E-state index in [-0.39, 0.29) is 0 Å². The van der Waals surface area contributed by atoms with Gasteiger partial charge in [-0.1, -0.05) is 0 Å². The highest BCUT2D eigenvalue weighted by Crippen LogP contribution is 2.30. The molecule has 0 aromatic rings. The third-order valence-electron chi connectivity index (χ3n) is 2.05. The maximum atomic E-state index is 10.7. The molecule has 0 aromatic carbocycles. The molecule has 2 aliphatic rings. The normalized spacial score (nSPS) is 52.2. The number of carbonyl (C=O) groups excluding carboxylic acids is 1. The topological polar surface area (TPSA) is 96.2 Å². The molecule has 12 heavy (non-hydrogen) atoms. The monoisotopic (exact) mass is 176 g/mol. The molecule has 0 amide bonds. The number of aliphatic hydroxyl groups is 3. The second-order valence-electron chi connectivity index (χ2n) is 2.83. The smallest absolute Gasteiger partial charge is 0.338 e.